The number of ether oxygens (including phenoxy) is 2. The van der Waals surface area contributed by atoms with E-state index in [2.05, 4.69) is 135 Å². The highest BCUT2D eigenvalue weighted by Crippen LogP contribution is 2.43. The first-order chi connectivity index (χ1) is 46.8. The van der Waals surface area contributed by atoms with Gasteiger partial charge < -0.3 is 20.1 Å². The van der Waals surface area contributed by atoms with Gasteiger partial charge in [0.05, 0.1) is 13.2 Å². The Balaban J connectivity index is 3.84. The maximum atomic E-state index is 12.8. The minimum Gasteiger partial charge on any atom is -0.462 e. The monoisotopic (exact) mass is 1340 g/mol. The van der Waals surface area contributed by atoms with E-state index >= 15 is 0 Å². The molecular weight excluding hydrogens is 1190 g/mol. The summed E-state index contributed by atoms with van der Waals surface area (Å²) in [5.41, 5.74) is 5.42. The van der Waals surface area contributed by atoms with Gasteiger partial charge in [0.15, 0.2) is 6.10 Å². The summed E-state index contributed by atoms with van der Waals surface area (Å²) in [6, 6.07) is 0. The molecule has 0 aromatic rings. The molecule has 10 heteroatoms. The Morgan fingerprint density at radius 3 is 0.874 bits per heavy atom. The largest absolute Gasteiger partial charge is 0.472 e. The van der Waals surface area contributed by atoms with Gasteiger partial charge in [0.2, 0.25) is 0 Å². The summed E-state index contributed by atoms with van der Waals surface area (Å²) in [6.45, 7) is 3.67. The Bertz CT molecular complexity index is 1980. The predicted molar refractivity (Wildman–Crippen MR) is 413 cm³/mol. The topological polar surface area (TPSA) is 134 Å². The summed E-state index contributed by atoms with van der Waals surface area (Å²) in [7, 11) is -4.40. The van der Waals surface area contributed by atoms with Gasteiger partial charge in [-0.2, -0.15) is 0 Å². The van der Waals surface area contributed by atoms with E-state index in [1.165, 1.54) is 244 Å². The molecule has 0 rings (SSSR count). The lowest BCUT2D eigenvalue weighted by atomic mass is 10.0. The van der Waals surface area contributed by atoms with Gasteiger partial charge in [-0.05, 0) is 109 Å². The van der Waals surface area contributed by atoms with Gasteiger partial charge in [0.1, 0.15) is 6.61 Å². The summed E-state index contributed by atoms with van der Waals surface area (Å²) < 4.78 is 33.3. The fourth-order valence-corrected chi connectivity index (χ4v) is 12.2. The summed E-state index contributed by atoms with van der Waals surface area (Å²) in [4.78, 5) is 35.5. The number of unbranched alkanes of at least 4 members (excludes halogenated alkanes) is 42. The second-order valence-electron chi connectivity index (χ2n) is 26.6. The molecule has 0 aliphatic rings. The van der Waals surface area contributed by atoms with Crippen LogP contribution in [0.1, 0.15) is 373 Å². The number of esters is 2. The molecular formula is C85H150NO8P. The molecule has 0 radical (unpaired) electrons. The minimum absolute atomic E-state index is 0.0508. The molecule has 0 aliphatic carbocycles. The van der Waals surface area contributed by atoms with E-state index < -0.39 is 26.5 Å². The van der Waals surface area contributed by atoms with Crippen molar-refractivity contribution in [3.8, 4) is 0 Å². The van der Waals surface area contributed by atoms with Crippen LogP contribution in [0.3, 0.4) is 0 Å². The molecule has 0 saturated carbocycles. The smallest absolute Gasteiger partial charge is 0.462 e. The van der Waals surface area contributed by atoms with Crippen LogP contribution in [0.25, 0.3) is 0 Å². The third kappa shape index (κ3) is 79.3. The maximum Gasteiger partial charge on any atom is 0.472 e. The van der Waals surface area contributed by atoms with E-state index in [0.29, 0.717) is 6.42 Å². The van der Waals surface area contributed by atoms with Crippen LogP contribution >= 0.6 is 7.82 Å². The zero-order valence-electron chi connectivity index (χ0n) is 61.9. The average molecular weight is 1350 g/mol. The number of carbonyl (C=O) groups is 2. The Hall–Kier alpha value is -3.59. The van der Waals surface area contributed by atoms with Crippen LogP contribution in [0.2, 0.25) is 0 Å². The lowest BCUT2D eigenvalue weighted by molar-refractivity contribution is -0.161. The van der Waals surface area contributed by atoms with Gasteiger partial charge in [-0.1, -0.05) is 373 Å². The van der Waals surface area contributed by atoms with Crippen molar-refractivity contribution in [2.75, 3.05) is 26.4 Å². The first kappa shape index (κ1) is 91.4. The maximum absolute atomic E-state index is 12.8. The fraction of sp³-hybridized carbons (Fsp3) is 0.741. The fourth-order valence-electron chi connectivity index (χ4n) is 11.5. The molecule has 0 aromatic heterocycles. The van der Waals surface area contributed by atoms with Crippen LogP contribution in [0.5, 0.6) is 0 Å². The van der Waals surface area contributed by atoms with Crippen molar-refractivity contribution in [2.45, 2.75) is 380 Å². The summed E-state index contributed by atoms with van der Waals surface area (Å²) >= 11 is 0. The molecule has 3 N–H and O–H groups in total. The molecule has 0 aliphatic heterocycles. The van der Waals surface area contributed by atoms with E-state index in [9.17, 15) is 19.0 Å². The number of phosphoric ester groups is 1. The second kappa shape index (κ2) is 79.4. The van der Waals surface area contributed by atoms with Crippen molar-refractivity contribution in [3.05, 3.63) is 122 Å². The van der Waals surface area contributed by atoms with Crippen LogP contribution in [0.4, 0.5) is 0 Å². The standard InChI is InChI=1S/C85H150NO8P/c1-3-5-7-9-11-13-15-17-19-21-23-25-27-29-31-33-35-37-38-39-40-41-42-43-44-46-48-50-52-54-56-58-60-62-64-66-68-70-72-74-76-78-85(88)94-83(82-93-95(89,90)92-80-79-86)81-91-84(87)77-75-73-71-69-67-65-63-61-59-57-55-53-51-49-47-45-36-34-32-30-28-26-24-22-20-18-16-14-12-10-8-6-4-2/h5,7,11,13,17,19,22-25,29,31,35,37,39-40,42-43,46,48,83H,3-4,6,8-10,12,14-16,18,20-21,26-28,30,32-34,36,38,41,44-45,47,49-82,86H2,1-2H3,(H,89,90)/b7-5-,13-11-,19-17-,24-22-,25-23-,31-29-,37-35-,40-39-,43-42-,48-46-. The number of hydrogen-bond acceptors (Lipinski definition) is 8. The van der Waals surface area contributed by atoms with Crippen LogP contribution in [0, 0.1) is 0 Å². The zero-order valence-corrected chi connectivity index (χ0v) is 62.8. The summed E-state index contributed by atoms with van der Waals surface area (Å²) in [5.74, 6) is -0.817. The van der Waals surface area contributed by atoms with Gasteiger partial charge in [-0.15, -0.1) is 0 Å². The molecule has 2 atom stereocenters. The SMILES string of the molecule is CC/C=C\C/C=C\C/C=C\C/C=C\C/C=C\C/C=C\C/C=C\C/C=C\C/C=C\CCCCCCCCCCCCCCCC(=O)OC(COC(=O)CCCCCCCCCCCCCCCCCCCCCCC/C=C\CCCCCCCCCC)COP(=O)(O)OCCN. The van der Waals surface area contributed by atoms with Crippen LogP contribution in [0.15, 0.2) is 122 Å². The third-order valence-electron chi connectivity index (χ3n) is 17.3. The molecule has 0 amide bonds. The Kier molecular flexibility index (Phi) is 76.4. The van der Waals surface area contributed by atoms with E-state index in [0.717, 1.165) is 96.3 Å². The van der Waals surface area contributed by atoms with E-state index in [-0.39, 0.29) is 38.6 Å². The quantitative estimate of drug-likeness (QED) is 0.0264. The molecule has 548 valence electrons. The highest BCUT2D eigenvalue weighted by molar-refractivity contribution is 7.47. The number of hydrogen-bond donors (Lipinski definition) is 2. The average Bonchev–Trinajstić information content (AvgIpc) is 2.75. The van der Waals surface area contributed by atoms with Gasteiger partial charge >= 0.3 is 19.8 Å². The molecule has 95 heavy (non-hydrogen) atoms. The van der Waals surface area contributed by atoms with E-state index in [1.54, 1.807) is 0 Å². The van der Waals surface area contributed by atoms with Crippen molar-refractivity contribution in [1.82, 2.24) is 0 Å². The number of carbonyl (C=O) groups excluding carboxylic acids is 2. The lowest BCUT2D eigenvalue weighted by Crippen LogP contribution is -2.29. The highest BCUT2D eigenvalue weighted by atomic mass is 31.2. The minimum atomic E-state index is -4.40. The summed E-state index contributed by atoms with van der Waals surface area (Å²) in [5, 5.41) is 0. The highest BCUT2D eigenvalue weighted by Gasteiger charge is 2.26. The van der Waals surface area contributed by atoms with Crippen LogP contribution < -0.4 is 5.73 Å². The van der Waals surface area contributed by atoms with Gasteiger partial charge in [-0.3, -0.25) is 18.6 Å². The van der Waals surface area contributed by atoms with Gasteiger partial charge in [0, 0.05) is 19.4 Å². The third-order valence-corrected chi connectivity index (χ3v) is 18.3. The van der Waals surface area contributed by atoms with Crippen LogP contribution in [-0.2, 0) is 32.7 Å². The molecule has 0 spiro atoms. The first-order valence-electron chi connectivity index (χ1n) is 40.0. The predicted octanol–water partition coefficient (Wildman–Crippen LogP) is 27.0. The van der Waals surface area contributed by atoms with Crippen molar-refractivity contribution in [3.63, 3.8) is 0 Å². The van der Waals surface area contributed by atoms with Gasteiger partial charge in [0.25, 0.3) is 0 Å². The molecule has 0 bridgehead atoms. The molecule has 0 aromatic carbocycles. The van der Waals surface area contributed by atoms with Crippen molar-refractivity contribution >= 4 is 19.8 Å². The van der Waals surface area contributed by atoms with E-state index in [4.69, 9.17) is 24.3 Å². The number of phosphoric acid groups is 1. The van der Waals surface area contributed by atoms with Crippen molar-refractivity contribution in [1.29, 1.82) is 0 Å². The van der Waals surface area contributed by atoms with Crippen molar-refractivity contribution < 1.29 is 37.6 Å². The Labute approximate surface area is 587 Å². The molecule has 0 heterocycles. The van der Waals surface area contributed by atoms with Crippen molar-refractivity contribution in [2.24, 2.45) is 5.73 Å². The Morgan fingerprint density at radius 1 is 0.326 bits per heavy atom. The first-order valence-corrected chi connectivity index (χ1v) is 41.5. The molecule has 0 fully saturated rings. The lowest BCUT2D eigenvalue weighted by Gasteiger charge is -2.19. The number of rotatable bonds is 75. The second-order valence-corrected chi connectivity index (χ2v) is 28.0. The molecule has 2 unspecified atom stereocenters. The van der Waals surface area contributed by atoms with Gasteiger partial charge in [-0.25, -0.2) is 4.57 Å². The Morgan fingerprint density at radius 2 is 0.579 bits per heavy atom. The summed E-state index contributed by atoms with van der Waals surface area (Å²) in [6.07, 6.45) is 112. The molecule has 0 saturated heterocycles. The van der Waals surface area contributed by atoms with Crippen LogP contribution in [-0.4, -0.2) is 49.3 Å². The van der Waals surface area contributed by atoms with E-state index in [1.807, 2.05) is 0 Å². The zero-order chi connectivity index (χ0) is 68.6. The molecule has 9 nitrogen and oxygen atoms in total. The number of allylic oxidation sites excluding steroid dienone is 20. The number of nitrogens with two attached hydrogens (primary N) is 1. The normalized spacial score (nSPS) is 13.5.